The summed E-state index contributed by atoms with van der Waals surface area (Å²) in [6.45, 7) is 5.76. The van der Waals surface area contributed by atoms with Crippen LogP contribution in [0.5, 0.6) is 0 Å². The molecular formula is C21H27F2N3O3. The maximum absolute atomic E-state index is 14.0. The van der Waals surface area contributed by atoms with Crippen LogP contribution in [0.2, 0.25) is 0 Å². The molecule has 0 amide bonds. The molecule has 1 unspecified atom stereocenters. The second-order valence-corrected chi connectivity index (χ2v) is 7.47. The molecule has 0 aromatic heterocycles. The molecule has 1 heterocycles. The zero-order chi connectivity index (χ0) is 20.8. The summed E-state index contributed by atoms with van der Waals surface area (Å²) in [7, 11) is 0. The number of hydrogen-bond acceptors (Lipinski definition) is 6. The van der Waals surface area contributed by atoms with Gasteiger partial charge in [0.2, 0.25) is 0 Å². The number of aliphatic imine (C=N–C) groups is 1. The number of aliphatic hydroxyl groups is 2. The molecule has 8 heteroatoms. The molecule has 29 heavy (non-hydrogen) atoms. The first-order chi connectivity index (χ1) is 14.0. The third-order valence-corrected chi connectivity index (χ3v) is 5.55. The van der Waals surface area contributed by atoms with Gasteiger partial charge in [0, 0.05) is 64.2 Å². The number of aliphatic hydroxyl groups excluding tert-OH is 2. The van der Waals surface area contributed by atoms with Crippen LogP contribution < -0.4 is 0 Å². The largest absolute Gasteiger partial charge is 0.511 e. The Morgan fingerprint density at radius 3 is 2.45 bits per heavy atom. The van der Waals surface area contributed by atoms with E-state index in [2.05, 4.69) is 14.8 Å². The van der Waals surface area contributed by atoms with Gasteiger partial charge in [0.1, 0.15) is 5.76 Å². The van der Waals surface area contributed by atoms with Gasteiger partial charge in [-0.25, -0.2) is 8.78 Å². The van der Waals surface area contributed by atoms with Crippen LogP contribution in [0.3, 0.4) is 0 Å². The van der Waals surface area contributed by atoms with E-state index in [1.165, 1.54) is 18.3 Å². The van der Waals surface area contributed by atoms with E-state index in [0.717, 1.165) is 38.8 Å². The Morgan fingerprint density at radius 1 is 1.10 bits per heavy atom. The highest BCUT2D eigenvalue weighted by atomic mass is 19.2. The molecule has 0 saturated carbocycles. The van der Waals surface area contributed by atoms with Gasteiger partial charge in [0.15, 0.2) is 17.4 Å². The van der Waals surface area contributed by atoms with Gasteiger partial charge < -0.3 is 10.2 Å². The third kappa shape index (κ3) is 5.46. The molecule has 1 aromatic carbocycles. The van der Waals surface area contributed by atoms with Crippen molar-refractivity contribution in [1.29, 1.82) is 0 Å². The Balaban J connectivity index is 1.53. The van der Waals surface area contributed by atoms with Gasteiger partial charge in [-0.05, 0) is 11.6 Å². The number of ketones is 1. The van der Waals surface area contributed by atoms with Crippen LogP contribution >= 0.6 is 0 Å². The number of halogens is 2. The lowest BCUT2D eigenvalue weighted by Gasteiger charge is -2.33. The molecule has 2 aliphatic rings. The molecule has 2 N–H and O–H groups in total. The molecule has 1 aliphatic carbocycles. The molecule has 1 atom stereocenters. The van der Waals surface area contributed by atoms with Crippen molar-refractivity contribution in [2.45, 2.75) is 18.8 Å². The number of hydrogen-bond donors (Lipinski definition) is 2. The van der Waals surface area contributed by atoms with Crippen LogP contribution in [-0.4, -0.2) is 84.4 Å². The van der Waals surface area contributed by atoms with Crippen molar-refractivity contribution < 1.29 is 23.8 Å². The predicted molar refractivity (Wildman–Crippen MR) is 106 cm³/mol. The van der Waals surface area contributed by atoms with Crippen molar-refractivity contribution in [3.63, 3.8) is 0 Å². The summed E-state index contributed by atoms with van der Waals surface area (Å²) >= 11 is 0. The Kier molecular flexibility index (Phi) is 7.46. The maximum Gasteiger partial charge on any atom is 0.168 e. The third-order valence-electron chi connectivity index (χ3n) is 5.55. The van der Waals surface area contributed by atoms with Gasteiger partial charge in [0.25, 0.3) is 0 Å². The number of benzene rings is 1. The quantitative estimate of drug-likeness (QED) is 0.676. The molecule has 1 aromatic rings. The van der Waals surface area contributed by atoms with Gasteiger partial charge in [-0.2, -0.15) is 0 Å². The Labute approximate surface area is 169 Å². The number of piperazine rings is 1. The monoisotopic (exact) mass is 407 g/mol. The van der Waals surface area contributed by atoms with Gasteiger partial charge in [0.05, 0.1) is 18.7 Å². The summed E-state index contributed by atoms with van der Waals surface area (Å²) in [4.78, 5) is 21.2. The number of β-amino-alcohol motifs (C(OH)–C–C–N with tert-alkyl or cyclic N) is 1. The van der Waals surface area contributed by atoms with Crippen molar-refractivity contribution in [1.82, 2.24) is 9.80 Å². The van der Waals surface area contributed by atoms with E-state index in [9.17, 15) is 18.7 Å². The minimum atomic E-state index is -0.964. The molecule has 1 fully saturated rings. The summed E-state index contributed by atoms with van der Waals surface area (Å²) in [5.74, 6) is -2.94. The van der Waals surface area contributed by atoms with E-state index in [-0.39, 0.29) is 42.1 Å². The Hall–Kier alpha value is -2.16. The summed E-state index contributed by atoms with van der Waals surface area (Å²) in [5, 5.41) is 19.2. The lowest BCUT2D eigenvalue weighted by atomic mass is 9.82. The van der Waals surface area contributed by atoms with E-state index in [1.54, 1.807) is 0 Å². The molecule has 1 aliphatic heterocycles. The van der Waals surface area contributed by atoms with Crippen molar-refractivity contribution in [2.24, 2.45) is 4.99 Å². The normalized spacial score (nSPS) is 22.0. The first-order valence-corrected chi connectivity index (χ1v) is 9.94. The average molecular weight is 407 g/mol. The van der Waals surface area contributed by atoms with Crippen LogP contribution in [0, 0.1) is 11.6 Å². The van der Waals surface area contributed by atoms with Crippen LogP contribution in [0.15, 0.2) is 34.5 Å². The second kappa shape index (κ2) is 10.0. The number of carbonyl (C=O) groups is 1. The number of Topliss-reactive ketones (excluding diaryl/α,β-unsaturated/α-hetero) is 1. The molecule has 158 valence electrons. The van der Waals surface area contributed by atoms with Crippen molar-refractivity contribution in [3.05, 3.63) is 46.7 Å². The molecule has 6 nitrogen and oxygen atoms in total. The van der Waals surface area contributed by atoms with Crippen LogP contribution in [0.25, 0.3) is 0 Å². The number of rotatable bonds is 7. The van der Waals surface area contributed by atoms with E-state index in [4.69, 9.17) is 5.11 Å². The summed E-state index contributed by atoms with van der Waals surface area (Å²) < 4.78 is 27.5. The van der Waals surface area contributed by atoms with Crippen LogP contribution in [0.4, 0.5) is 8.78 Å². The van der Waals surface area contributed by atoms with Crippen LogP contribution in [0.1, 0.15) is 24.3 Å². The predicted octanol–water partition coefficient (Wildman–Crippen LogP) is 1.90. The molecule has 0 radical (unpaired) electrons. The number of nitrogens with zero attached hydrogens (tertiary/aromatic N) is 3. The first-order valence-electron chi connectivity index (χ1n) is 9.94. The standard InChI is InChI=1S/C21H27F2N3O3/c22-18-3-1-2-16(21(18)23)15-12-19(28)17(20(29)13-15)14-24-4-5-25-6-8-26(9-7-25)10-11-27/h1-3,14-15,27-28H,4-13H2. The fourth-order valence-electron chi connectivity index (χ4n) is 3.85. The highest BCUT2D eigenvalue weighted by Crippen LogP contribution is 2.34. The zero-order valence-electron chi connectivity index (χ0n) is 16.4. The molecular weight excluding hydrogens is 380 g/mol. The Bertz CT molecular complexity index is 789. The minimum Gasteiger partial charge on any atom is -0.511 e. The highest BCUT2D eigenvalue weighted by molar-refractivity contribution is 6.14. The lowest BCUT2D eigenvalue weighted by Crippen LogP contribution is -2.47. The molecule has 3 rings (SSSR count). The van der Waals surface area contributed by atoms with Gasteiger partial charge in [-0.15, -0.1) is 0 Å². The summed E-state index contributed by atoms with van der Waals surface area (Å²) in [6, 6.07) is 3.88. The van der Waals surface area contributed by atoms with Crippen LogP contribution in [-0.2, 0) is 4.79 Å². The number of allylic oxidation sites excluding steroid dienone is 2. The first kappa shape index (κ1) is 21.5. The molecule has 0 bridgehead atoms. The minimum absolute atomic E-state index is 0.0125. The topological polar surface area (TPSA) is 76.4 Å². The Morgan fingerprint density at radius 2 is 1.79 bits per heavy atom. The number of carbonyl (C=O) groups excluding carboxylic acids is 1. The van der Waals surface area contributed by atoms with Crippen molar-refractivity contribution in [3.8, 4) is 0 Å². The molecule has 1 saturated heterocycles. The zero-order valence-corrected chi connectivity index (χ0v) is 16.4. The van der Waals surface area contributed by atoms with E-state index in [1.807, 2.05) is 0 Å². The van der Waals surface area contributed by atoms with Crippen molar-refractivity contribution >= 4 is 12.0 Å². The van der Waals surface area contributed by atoms with Gasteiger partial charge in [-0.1, -0.05) is 12.1 Å². The lowest BCUT2D eigenvalue weighted by molar-refractivity contribution is -0.116. The van der Waals surface area contributed by atoms with Gasteiger partial charge in [-0.3, -0.25) is 19.6 Å². The summed E-state index contributed by atoms with van der Waals surface area (Å²) in [5.41, 5.74) is 0.270. The summed E-state index contributed by atoms with van der Waals surface area (Å²) in [6.07, 6.45) is 1.50. The average Bonchev–Trinajstić information content (AvgIpc) is 2.70. The maximum atomic E-state index is 14.0. The van der Waals surface area contributed by atoms with E-state index >= 15 is 0 Å². The highest BCUT2D eigenvalue weighted by Gasteiger charge is 2.30. The fourth-order valence-corrected chi connectivity index (χ4v) is 3.85. The van der Waals surface area contributed by atoms with Crippen molar-refractivity contribution in [2.75, 3.05) is 52.4 Å². The van der Waals surface area contributed by atoms with E-state index in [0.29, 0.717) is 13.1 Å². The SMILES string of the molecule is O=C1CC(c2cccc(F)c2F)CC(O)=C1C=NCCN1CCN(CCO)CC1. The van der Waals surface area contributed by atoms with Gasteiger partial charge >= 0.3 is 0 Å². The second-order valence-electron chi connectivity index (χ2n) is 7.47. The smallest absolute Gasteiger partial charge is 0.168 e. The van der Waals surface area contributed by atoms with E-state index < -0.39 is 17.6 Å². The molecule has 0 spiro atoms. The fraction of sp³-hybridized carbons (Fsp3) is 0.524.